The van der Waals surface area contributed by atoms with Crippen molar-refractivity contribution in [3.63, 3.8) is 0 Å². The van der Waals surface area contributed by atoms with Crippen molar-refractivity contribution in [2.24, 2.45) is 0 Å². The van der Waals surface area contributed by atoms with E-state index >= 15 is 0 Å². The molecule has 0 spiro atoms. The van der Waals surface area contributed by atoms with Crippen LogP contribution in [0.2, 0.25) is 0 Å². The first-order valence-electron chi connectivity index (χ1n) is 6.25. The molecule has 0 fully saturated rings. The number of rotatable bonds is 3. The van der Waals surface area contributed by atoms with Gasteiger partial charge in [-0.05, 0) is 30.3 Å². The molecule has 0 aromatic heterocycles. The molecule has 2 rings (SSSR count). The van der Waals surface area contributed by atoms with Crippen LogP contribution in [-0.2, 0) is 4.74 Å². The van der Waals surface area contributed by atoms with Crippen LogP contribution < -0.4 is 4.90 Å². The monoisotopic (exact) mass is 347 g/mol. The number of nitrogens with zero attached hydrogens (tertiary/aromatic N) is 1. The molecule has 0 aliphatic heterocycles. The summed E-state index contributed by atoms with van der Waals surface area (Å²) in [6, 6.07) is 13.9. The largest absolute Gasteiger partial charge is 0.465 e. The lowest BCUT2D eigenvalue weighted by molar-refractivity contribution is 0.0601. The number of carbonyl (C=O) groups is 2. The average molecular weight is 348 g/mol. The molecule has 5 heteroatoms. The highest BCUT2D eigenvalue weighted by molar-refractivity contribution is 9.10. The molecule has 0 aliphatic carbocycles. The molecular formula is C16H14BrNO3. The fraction of sp³-hybridized carbons (Fsp3) is 0.125. The minimum Gasteiger partial charge on any atom is -0.465 e. The van der Waals surface area contributed by atoms with Gasteiger partial charge in [-0.15, -0.1) is 0 Å². The maximum Gasteiger partial charge on any atom is 0.339 e. The molecule has 108 valence electrons. The summed E-state index contributed by atoms with van der Waals surface area (Å²) >= 11 is 3.34. The van der Waals surface area contributed by atoms with E-state index in [4.69, 9.17) is 4.74 Å². The number of halogens is 1. The van der Waals surface area contributed by atoms with Crippen LogP contribution >= 0.6 is 15.9 Å². The molecule has 0 heterocycles. The van der Waals surface area contributed by atoms with Crippen LogP contribution in [-0.4, -0.2) is 26.0 Å². The molecule has 2 aromatic rings. The molecule has 21 heavy (non-hydrogen) atoms. The zero-order chi connectivity index (χ0) is 15.4. The minimum atomic E-state index is -0.473. The standard InChI is InChI=1S/C16H14BrNO3/c1-18(15(19)11-6-5-7-12(17)10-11)14-9-4-3-8-13(14)16(20)21-2/h3-10H,1-2H3. The lowest BCUT2D eigenvalue weighted by atomic mass is 10.1. The number of ether oxygens (including phenoxy) is 1. The number of hydrogen-bond donors (Lipinski definition) is 0. The molecule has 4 nitrogen and oxygen atoms in total. The molecule has 0 radical (unpaired) electrons. The topological polar surface area (TPSA) is 46.6 Å². The summed E-state index contributed by atoms with van der Waals surface area (Å²) < 4.78 is 5.57. The van der Waals surface area contributed by atoms with E-state index < -0.39 is 5.97 Å². The van der Waals surface area contributed by atoms with Gasteiger partial charge in [0.25, 0.3) is 5.91 Å². The molecule has 0 saturated carbocycles. The van der Waals surface area contributed by atoms with E-state index in [2.05, 4.69) is 15.9 Å². The van der Waals surface area contributed by atoms with Crippen LogP contribution in [0.4, 0.5) is 5.69 Å². The highest BCUT2D eigenvalue weighted by Gasteiger charge is 2.19. The first-order chi connectivity index (χ1) is 10.0. The van der Waals surface area contributed by atoms with E-state index in [0.717, 1.165) is 4.47 Å². The van der Waals surface area contributed by atoms with E-state index in [1.165, 1.54) is 12.0 Å². The molecule has 2 aromatic carbocycles. The third-order valence-corrected chi connectivity index (χ3v) is 3.54. The minimum absolute atomic E-state index is 0.201. The highest BCUT2D eigenvalue weighted by atomic mass is 79.9. The van der Waals surface area contributed by atoms with Crippen molar-refractivity contribution >= 4 is 33.5 Å². The van der Waals surface area contributed by atoms with E-state index in [1.807, 2.05) is 6.07 Å². The number of para-hydroxylation sites is 1. The Bertz CT molecular complexity index is 685. The van der Waals surface area contributed by atoms with Gasteiger partial charge in [-0.25, -0.2) is 4.79 Å². The third kappa shape index (κ3) is 3.31. The maximum absolute atomic E-state index is 12.5. The third-order valence-electron chi connectivity index (χ3n) is 3.05. The van der Waals surface area contributed by atoms with Gasteiger partial charge in [-0.1, -0.05) is 34.1 Å². The van der Waals surface area contributed by atoms with E-state index in [1.54, 1.807) is 49.5 Å². The smallest absolute Gasteiger partial charge is 0.339 e. The number of benzene rings is 2. The Morgan fingerprint density at radius 1 is 1.10 bits per heavy atom. The number of carbonyl (C=O) groups excluding carboxylic acids is 2. The van der Waals surface area contributed by atoms with E-state index in [9.17, 15) is 9.59 Å². The lowest BCUT2D eigenvalue weighted by Crippen LogP contribution is -2.28. The van der Waals surface area contributed by atoms with Crippen LogP contribution in [0.1, 0.15) is 20.7 Å². The fourth-order valence-corrected chi connectivity index (χ4v) is 2.37. The van der Waals surface area contributed by atoms with Crippen LogP contribution in [0.3, 0.4) is 0 Å². The Morgan fingerprint density at radius 2 is 1.81 bits per heavy atom. The quantitative estimate of drug-likeness (QED) is 0.798. The molecule has 0 bridgehead atoms. The van der Waals surface area contributed by atoms with E-state index in [-0.39, 0.29) is 5.91 Å². The normalized spacial score (nSPS) is 10.0. The SMILES string of the molecule is COC(=O)c1ccccc1N(C)C(=O)c1cccc(Br)c1. The molecule has 0 unspecified atom stereocenters. The van der Waals surface area contributed by atoms with Gasteiger partial charge in [0.05, 0.1) is 18.4 Å². The summed E-state index contributed by atoms with van der Waals surface area (Å²) in [7, 11) is 2.94. The molecule has 0 saturated heterocycles. The van der Waals surface area contributed by atoms with Gasteiger partial charge in [0, 0.05) is 17.1 Å². The summed E-state index contributed by atoms with van der Waals surface area (Å²) in [5.41, 5.74) is 1.40. The van der Waals surface area contributed by atoms with Gasteiger partial charge in [0.1, 0.15) is 0 Å². The maximum atomic E-state index is 12.5. The number of esters is 1. The Morgan fingerprint density at radius 3 is 2.48 bits per heavy atom. The number of methoxy groups -OCH3 is 1. The zero-order valence-corrected chi connectivity index (χ0v) is 13.3. The van der Waals surface area contributed by atoms with Crippen molar-refractivity contribution < 1.29 is 14.3 Å². The summed E-state index contributed by atoms with van der Waals surface area (Å²) in [4.78, 5) is 25.7. The summed E-state index contributed by atoms with van der Waals surface area (Å²) in [5, 5.41) is 0. The molecule has 1 amide bonds. The average Bonchev–Trinajstić information content (AvgIpc) is 2.52. The van der Waals surface area contributed by atoms with Crippen LogP contribution in [0.15, 0.2) is 53.0 Å². The van der Waals surface area contributed by atoms with Crippen LogP contribution in [0.5, 0.6) is 0 Å². The first-order valence-corrected chi connectivity index (χ1v) is 7.05. The Labute approximate surface area is 131 Å². The van der Waals surface area contributed by atoms with Gasteiger partial charge in [-0.2, -0.15) is 0 Å². The van der Waals surface area contributed by atoms with Crippen molar-refractivity contribution in [3.8, 4) is 0 Å². The Hall–Kier alpha value is -2.14. The number of amides is 1. The van der Waals surface area contributed by atoms with Crippen molar-refractivity contribution in [3.05, 3.63) is 64.1 Å². The second-order valence-electron chi connectivity index (χ2n) is 4.38. The number of anilines is 1. The van der Waals surface area contributed by atoms with Gasteiger partial charge in [0.2, 0.25) is 0 Å². The molecular weight excluding hydrogens is 334 g/mol. The highest BCUT2D eigenvalue weighted by Crippen LogP contribution is 2.22. The first kappa shape index (κ1) is 15.3. The second kappa shape index (κ2) is 6.54. The van der Waals surface area contributed by atoms with Gasteiger partial charge >= 0.3 is 5.97 Å². The summed E-state index contributed by atoms with van der Waals surface area (Å²) in [6.07, 6.45) is 0. The van der Waals surface area contributed by atoms with Crippen molar-refractivity contribution in [1.82, 2.24) is 0 Å². The van der Waals surface area contributed by atoms with Gasteiger partial charge in [-0.3, -0.25) is 4.79 Å². The molecule has 0 N–H and O–H groups in total. The summed E-state index contributed by atoms with van der Waals surface area (Å²) in [5.74, 6) is -0.674. The van der Waals surface area contributed by atoms with Crippen LogP contribution in [0, 0.1) is 0 Å². The van der Waals surface area contributed by atoms with Crippen molar-refractivity contribution in [2.45, 2.75) is 0 Å². The van der Waals surface area contributed by atoms with Gasteiger partial charge in [0.15, 0.2) is 0 Å². The van der Waals surface area contributed by atoms with E-state index in [0.29, 0.717) is 16.8 Å². The second-order valence-corrected chi connectivity index (χ2v) is 5.30. The summed E-state index contributed by atoms with van der Waals surface area (Å²) in [6.45, 7) is 0. The van der Waals surface area contributed by atoms with Crippen LogP contribution in [0.25, 0.3) is 0 Å². The zero-order valence-electron chi connectivity index (χ0n) is 11.7. The van der Waals surface area contributed by atoms with Crippen molar-refractivity contribution in [1.29, 1.82) is 0 Å². The number of hydrogen-bond acceptors (Lipinski definition) is 3. The molecule has 0 aliphatic rings. The fourth-order valence-electron chi connectivity index (χ4n) is 1.97. The predicted octanol–water partition coefficient (Wildman–Crippen LogP) is 3.51. The van der Waals surface area contributed by atoms with Crippen molar-refractivity contribution in [2.75, 3.05) is 19.1 Å². The Balaban J connectivity index is 2.38. The van der Waals surface area contributed by atoms with Gasteiger partial charge < -0.3 is 9.64 Å². The molecule has 0 atom stereocenters. The Kier molecular flexibility index (Phi) is 4.75. The lowest BCUT2D eigenvalue weighted by Gasteiger charge is -2.20. The predicted molar refractivity (Wildman–Crippen MR) is 84.7 cm³/mol.